The molecule has 2 heterocycles. The van der Waals surface area contributed by atoms with Crippen molar-refractivity contribution in [2.45, 2.75) is 13.3 Å². The monoisotopic (exact) mass is 291 g/mol. The number of hydrogen-bond acceptors (Lipinski definition) is 7. The number of nitrogen functional groups attached to an aromatic ring is 1. The number of anilines is 2. The van der Waals surface area contributed by atoms with Crippen LogP contribution in [0.3, 0.4) is 0 Å². The van der Waals surface area contributed by atoms with Crippen LogP contribution in [0.4, 0.5) is 10.8 Å². The molecule has 3 N–H and O–H groups in total. The average molecular weight is 291 g/mol. The minimum Gasteiger partial charge on any atom is -0.487 e. The minimum atomic E-state index is -2.82. The van der Waals surface area contributed by atoms with Gasteiger partial charge in [-0.05, 0) is 30.8 Å². The minimum absolute atomic E-state index is 0.160. The van der Waals surface area contributed by atoms with E-state index >= 15 is 0 Å². The lowest BCUT2D eigenvalue weighted by atomic mass is 10.1. The first-order chi connectivity index (χ1) is 8.52. The highest BCUT2D eigenvalue weighted by atomic mass is 32.2. The Bertz CT molecular complexity index is 512. The molecule has 1 aromatic heterocycles. The van der Waals surface area contributed by atoms with E-state index in [9.17, 15) is 8.42 Å². The zero-order chi connectivity index (χ0) is 13.2. The number of sulfone groups is 1. The standard InChI is InChI=1S/C10H17N3O3S2/c1-2-16-8-9(11)13-17-10(8)12-5-7-3-4-18(14,15)6-7/h7,12H,2-6H2,1H3,(H2,11,13). The molecule has 102 valence electrons. The van der Waals surface area contributed by atoms with Gasteiger partial charge >= 0.3 is 0 Å². The number of rotatable bonds is 5. The summed E-state index contributed by atoms with van der Waals surface area (Å²) < 4.78 is 32.1. The van der Waals surface area contributed by atoms with Gasteiger partial charge in [0.1, 0.15) is 0 Å². The molecular weight excluding hydrogens is 274 g/mol. The van der Waals surface area contributed by atoms with Crippen LogP contribution in [0.1, 0.15) is 13.3 Å². The van der Waals surface area contributed by atoms with Gasteiger partial charge in [-0.3, -0.25) is 0 Å². The van der Waals surface area contributed by atoms with Crippen LogP contribution in [0.25, 0.3) is 0 Å². The molecular formula is C10H17N3O3S2. The third-order valence-corrected chi connectivity index (χ3v) is 5.48. The van der Waals surface area contributed by atoms with Gasteiger partial charge in [0.15, 0.2) is 26.4 Å². The van der Waals surface area contributed by atoms with Crippen LogP contribution < -0.4 is 15.8 Å². The van der Waals surface area contributed by atoms with Crippen LogP contribution in [0, 0.1) is 5.92 Å². The Hall–Kier alpha value is -1.02. The van der Waals surface area contributed by atoms with Gasteiger partial charge in [-0.1, -0.05) is 0 Å². The lowest BCUT2D eigenvalue weighted by molar-refractivity contribution is 0.344. The lowest BCUT2D eigenvalue weighted by Crippen LogP contribution is -2.15. The molecule has 2 rings (SSSR count). The Kier molecular flexibility index (Phi) is 3.96. The van der Waals surface area contributed by atoms with Gasteiger partial charge < -0.3 is 15.8 Å². The number of nitrogens with two attached hydrogens (primary N) is 1. The molecule has 6 nitrogen and oxygen atoms in total. The van der Waals surface area contributed by atoms with Crippen molar-refractivity contribution in [1.82, 2.24) is 4.37 Å². The fourth-order valence-electron chi connectivity index (χ4n) is 1.96. The fraction of sp³-hybridized carbons (Fsp3) is 0.700. The second-order valence-corrected chi connectivity index (χ2v) is 7.31. The van der Waals surface area contributed by atoms with Crippen molar-refractivity contribution in [3.63, 3.8) is 0 Å². The summed E-state index contributed by atoms with van der Waals surface area (Å²) in [4.78, 5) is 0. The molecule has 0 amide bonds. The molecule has 0 aliphatic carbocycles. The summed E-state index contributed by atoms with van der Waals surface area (Å²) in [6.45, 7) is 3.01. The zero-order valence-corrected chi connectivity index (χ0v) is 11.8. The lowest BCUT2D eigenvalue weighted by Gasteiger charge is -2.10. The SMILES string of the molecule is CCOc1c(N)nsc1NCC1CCS(=O)(=O)C1. The van der Waals surface area contributed by atoms with Gasteiger partial charge in [-0.2, -0.15) is 4.37 Å². The zero-order valence-electron chi connectivity index (χ0n) is 10.2. The van der Waals surface area contributed by atoms with E-state index in [1.54, 1.807) is 0 Å². The van der Waals surface area contributed by atoms with Crippen molar-refractivity contribution in [1.29, 1.82) is 0 Å². The second-order valence-electron chi connectivity index (χ2n) is 4.31. The Balaban J connectivity index is 1.94. The van der Waals surface area contributed by atoms with Crippen molar-refractivity contribution < 1.29 is 13.2 Å². The molecule has 1 aliphatic heterocycles. The maximum absolute atomic E-state index is 11.3. The molecule has 1 unspecified atom stereocenters. The van der Waals surface area contributed by atoms with E-state index in [2.05, 4.69) is 9.69 Å². The summed E-state index contributed by atoms with van der Waals surface area (Å²) in [6.07, 6.45) is 0.716. The molecule has 0 saturated carbocycles. The van der Waals surface area contributed by atoms with Crippen LogP contribution >= 0.6 is 11.5 Å². The van der Waals surface area contributed by atoms with Crippen LogP contribution in [0.2, 0.25) is 0 Å². The number of ether oxygens (including phenoxy) is 1. The fourth-order valence-corrected chi connectivity index (χ4v) is 4.49. The third kappa shape index (κ3) is 3.05. The average Bonchev–Trinajstić information content (AvgIpc) is 2.82. The Morgan fingerprint density at radius 3 is 3.00 bits per heavy atom. The van der Waals surface area contributed by atoms with E-state index in [0.29, 0.717) is 36.9 Å². The maximum Gasteiger partial charge on any atom is 0.197 e. The Morgan fingerprint density at radius 1 is 1.61 bits per heavy atom. The molecule has 0 aromatic carbocycles. The molecule has 1 fully saturated rings. The normalized spacial score (nSPS) is 21.9. The number of hydrogen-bond donors (Lipinski definition) is 2. The molecule has 1 atom stereocenters. The molecule has 0 spiro atoms. The molecule has 1 saturated heterocycles. The van der Waals surface area contributed by atoms with Gasteiger partial charge in [0.05, 0.1) is 18.1 Å². The van der Waals surface area contributed by atoms with Crippen molar-refractivity contribution in [3.8, 4) is 5.75 Å². The van der Waals surface area contributed by atoms with E-state index in [-0.39, 0.29) is 11.7 Å². The van der Waals surface area contributed by atoms with Crippen LogP contribution in [0.5, 0.6) is 5.75 Å². The second kappa shape index (κ2) is 5.31. The smallest absolute Gasteiger partial charge is 0.197 e. The van der Waals surface area contributed by atoms with E-state index < -0.39 is 9.84 Å². The van der Waals surface area contributed by atoms with Gasteiger partial charge in [-0.15, -0.1) is 0 Å². The molecule has 8 heteroatoms. The van der Waals surface area contributed by atoms with Gasteiger partial charge in [-0.25, -0.2) is 8.42 Å². The van der Waals surface area contributed by atoms with Gasteiger partial charge in [0, 0.05) is 6.54 Å². The number of nitrogens with one attached hydrogen (secondary N) is 1. The summed E-state index contributed by atoms with van der Waals surface area (Å²) in [5.41, 5.74) is 5.69. The highest BCUT2D eigenvalue weighted by molar-refractivity contribution is 7.91. The highest BCUT2D eigenvalue weighted by Gasteiger charge is 2.28. The first kappa shape index (κ1) is 13.4. The molecule has 0 radical (unpaired) electrons. The van der Waals surface area contributed by atoms with Crippen molar-refractivity contribution >= 4 is 32.2 Å². The van der Waals surface area contributed by atoms with Crippen LogP contribution in [0.15, 0.2) is 0 Å². The summed E-state index contributed by atoms with van der Waals surface area (Å²) in [7, 11) is -2.82. The predicted octanol–water partition coefficient (Wildman–Crippen LogP) is 0.971. The predicted molar refractivity (Wildman–Crippen MR) is 72.9 cm³/mol. The molecule has 0 bridgehead atoms. The van der Waals surface area contributed by atoms with Crippen molar-refractivity contribution in [2.75, 3.05) is 35.7 Å². The highest BCUT2D eigenvalue weighted by Crippen LogP contribution is 2.35. The summed E-state index contributed by atoms with van der Waals surface area (Å²) >= 11 is 1.24. The van der Waals surface area contributed by atoms with E-state index in [1.165, 1.54) is 11.5 Å². The molecule has 1 aliphatic rings. The van der Waals surface area contributed by atoms with Gasteiger partial charge in [0.2, 0.25) is 0 Å². The van der Waals surface area contributed by atoms with E-state index in [4.69, 9.17) is 10.5 Å². The van der Waals surface area contributed by atoms with Crippen LogP contribution in [-0.2, 0) is 9.84 Å². The van der Waals surface area contributed by atoms with E-state index in [1.807, 2.05) is 6.92 Å². The van der Waals surface area contributed by atoms with E-state index in [0.717, 1.165) is 5.00 Å². The Morgan fingerprint density at radius 2 is 2.39 bits per heavy atom. The molecule has 18 heavy (non-hydrogen) atoms. The summed E-state index contributed by atoms with van der Waals surface area (Å²) in [5.74, 6) is 1.67. The topological polar surface area (TPSA) is 94.3 Å². The molecule has 1 aromatic rings. The van der Waals surface area contributed by atoms with Crippen LogP contribution in [-0.4, -0.2) is 37.4 Å². The van der Waals surface area contributed by atoms with Gasteiger partial charge in [0.25, 0.3) is 0 Å². The number of aromatic nitrogens is 1. The summed E-state index contributed by atoms with van der Waals surface area (Å²) in [5, 5.41) is 3.96. The summed E-state index contributed by atoms with van der Waals surface area (Å²) in [6, 6.07) is 0. The Labute approximate surface area is 111 Å². The first-order valence-electron chi connectivity index (χ1n) is 5.84. The van der Waals surface area contributed by atoms with Crippen molar-refractivity contribution in [3.05, 3.63) is 0 Å². The number of nitrogens with zero attached hydrogens (tertiary/aromatic N) is 1. The quantitative estimate of drug-likeness (QED) is 0.839. The third-order valence-electron chi connectivity index (χ3n) is 2.84. The van der Waals surface area contributed by atoms with Crippen molar-refractivity contribution in [2.24, 2.45) is 5.92 Å². The maximum atomic E-state index is 11.3. The largest absolute Gasteiger partial charge is 0.487 e. The first-order valence-corrected chi connectivity index (χ1v) is 8.43.